The molecule has 3 heterocycles. The number of hydrogen-bond donors (Lipinski definition) is 1. The van der Waals surface area contributed by atoms with E-state index in [1.807, 2.05) is 4.90 Å². The zero-order chi connectivity index (χ0) is 19.5. The smallest absolute Gasteiger partial charge is 0.353 e. The van der Waals surface area contributed by atoms with Crippen molar-refractivity contribution in [3.05, 3.63) is 53.0 Å². The number of aryl methyl sites for hydroxylation is 1. The van der Waals surface area contributed by atoms with Crippen LogP contribution in [0.2, 0.25) is 0 Å². The Morgan fingerprint density at radius 3 is 2.64 bits per heavy atom. The number of para-hydroxylation sites is 1. The number of rotatable bonds is 6. The maximum atomic E-state index is 11.3. The van der Waals surface area contributed by atoms with Gasteiger partial charge in [0.05, 0.1) is 4.92 Å². The average molecular weight is 381 g/mol. The normalized spacial score (nSPS) is 15.2. The second-order valence-corrected chi connectivity index (χ2v) is 6.94. The predicted octanol–water partition coefficient (Wildman–Crippen LogP) is 2.13. The molecular formula is C19H23N7O2. The summed E-state index contributed by atoms with van der Waals surface area (Å²) in [6.07, 6.45) is 4.48. The lowest BCUT2D eigenvalue weighted by atomic mass is 10.2. The number of fused-ring (bicyclic) bond motifs is 1. The Balaban J connectivity index is 1.31. The van der Waals surface area contributed by atoms with E-state index in [2.05, 4.69) is 56.0 Å². The maximum Gasteiger partial charge on any atom is 0.353 e. The number of piperazine rings is 1. The van der Waals surface area contributed by atoms with Gasteiger partial charge in [0.25, 0.3) is 0 Å². The molecule has 9 heteroatoms. The molecular weight excluding hydrogens is 358 g/mol. The zero-order valence-electron chi connectivity index (χ0n) is 15.6. The minimum atomic E-state index is -0.502. The molecule has 0 aliphatic carbocycles. The van der Waals surface area contributed by atoms with E-state index >= 15 is 0 Å². The fourth-order valence-corrected chi connectivity index (χ4v) is 3.77. The van der Waals surface area contributed by atoms with Crippen molar-refractivity contribution in [3.8, 4) is 0 Å². The molecule has 9 nitrogen and oxygen atoms in total. The second-order valence-electron chi connectivity index (χ2n) is 6.94. The highest BCUT2D eigenvalue weighted by atomic mass is 16.6. The van der Waals surface area contributed by atoms with Gasteiger partial charge in [-0.2, -0.15) is 0 Å². The van der Waals surface area contributed by atoms with Gasteiger partial charge in [-0.05, 0) is 30.5 Å². The molecule has 0 amide bonds. The molecule has 0 atom stereocenters. The quantitative estimate of drug-likeness (QED) is 0.515. The molecule has 2 N–H and O–H groups in total. The lowest BCUT2D eigenvalue weighted by Crippen LogP contribution is -2.47. The molecule has 0 saturated carbocycles. The molecule has 2 aromatic heterocycles. The Morgan fingerprint density at radius 2 is 1.86 bits per heavy atom. The van der Waals surface area contributed by atoms with E-state index in [9.17, 15) is 10.1 Å². The Kier molecular flexibility index (Phi) is 5.07. The SMILES string of the molecule is Nc1ncnc(N2CCN(CCCn3ccc4ccccc43)CC2)c1[N+](=O)[O-]. The number of benzene rings is 1. The van der Waals surface area contributed by atoms with Crippen LogP contribution in [-0.2, 0) is 6.54 Å². The molecule has 1 aliphatic rings. The van der Waals surface area contributed by atoms with Crippen molar-refractivity contribution in [1.82, 2.24) is 19.4 Å². The van der Waals surface area contributed by atoms with E-state index in [0.717, 1.165) is 32.6 Å². The summed E-state index contributed by atoms with van der Waals surface area (Å²) in [5.41, 5.74) is 6.74. The summed E-state index contributed by atoms with van der Waals surface area (Å²) in [7, 11) is 0. The van der Waals surface area contributed by atoms with Gasteiger partial charge in [-0.15, -0.1) is 0 Å². The summed E-state index contributed by atoms with van der Waals surface area (Å²) < 4.78 is 2.29. The first-order chi connectivity index (χ1) is 13.6. The van der Waals surface area contributed by atoms with E-state index in [4.69, 9.17) is 5.73 Å². The Hall–Kier alpha value is -3.20. The molecule has 0 radical (unpaired) electrons. The van der Waals surface area contributed by atoms with Crippen LogP contribution in [-0.4, -0.2) is 57.1 Å². The van der Waals surface area contributed by atoms with Gasteiger partial charge < -0.3 is 15.2 Å². The highest BCUT2D eigenvalue weighted by Crippen LogP contribution is 2.30. The summed E-state index contributed by atoms with van der Waals surface area (Å²) in [5, 5.41) is 12.6. The highest BCUT2D eigenvalue weighted by molar-refractivity contribution is 5.79. The van der Waals surface area contributed by atoms with E-state index < -0.39 is 4.92 Å². The summed E-state index contributed by atoms with van der Waals surface area (Å²) in [4.78, 5) is 23.0. The van der Waals surface area contributed by atoms with Crippen molar-refractivity contribution in [3.63, 3.8) is 0 Å². The van der Waals surface area contributed by atoms with Crippen molar-refractivity contribution in [2.75, 3.05) is 43.4 Å². The third-order valence-corrected chi connectivity index (χ3v) is 5.24. The molecule has 28 heavy (non-hydrogen) atoms. The van der Waals surface area contributed by atoms with Gasteiger partial charge >= 0.3 is 5.69 Å². The third-order valence-electron chi connectivity index (χ3n) is 5.24. The fourth-order valence-electron chi connectivity index (χ4n) is 3.77. The fraction of sp³-hybridized carbons (Fsp3) is 0.368. The monoisotopic (exact) mass is 381 g/mol. The van der Waals surface area contributed by atoms with Gasteiger partial charge in [-0.1, -0.05) is 18.2 Å². The van der Waals surface area contributed by atoms with Crippen LogP contribution in [0.15, 0.2) is 42.9 Å². The largest absolute Gasteiger partial charge is 0.378 e. The number of nitrogens with two attached hydrogens (primary N) is 1. The van der Waals surface area contributed by atoms with Crippen molar-refractivity contribution in [2.24, 2.45) is 0 Å². The number of aromatic nitrogens is 3. The molecule has 3 aromatic rings. The number of nitro groups is 1. The van der Waals surface area contributed by atoms with E-state index in [0.29, 0.717) is 18.9 Å². The van der Waals surface area contributed by atoms with E-state index in [1.54, 1.807) is 0 Å². The lowest BCUT2D eigenvalue weighted by molar-refractivity contribution is -0.383. The van der Waals surface area contributed by atoms with Gasteiger partial charge in [0, 0.05) is 44.4 Å². The molecule has 0 bridgehead atoms. The average Bonchev–Trinajstić information content (AvgIpc) is 3.11. The molecule has 0 unspecified atom stereocenters. The number of nitrogen functional groups attached to an aromatic ring is 1. The Morgan fingerprint density at radius 1 is 1.07 bits per heavy atom. The van der Waals surface area contributed by atoms with Crippen molar-refractivity contribution in [2.45, 2.75) is 13.0 Å². The summed E-state index contributed by atoms with van der Waals surface area (Å²) >= 11 is 0. The summed E-state index contributed by atoms with van der Waals surface area (Å²) in [6, 6.07) is 10.5. The maximum absolute atomic E-state index is 11.3. The van der Waals surface area contributed by atoms with Crippen LogP contribution in [0.3, 0.4) is 0 Å². The summed E-state index contributed by atoms with van der Waals surface area (Å²) in [6.45, 7) is 5.02. The number of anilines is 2. The molecule has 1 aromatic carbocycles. The van der Waals surface area contributed by atoms with Crippen LogP contribution in [0.5, 0.6) is 0 Å². The second kappa shape index (κ2) is 7.81. The van der Waals surface area contributed by atoms with Crippen LogP contribution in [0.4, 0.5) is 17.3 Å². The lowest BCUT2D eigenvalue weighted by Gasteiger charge is -2.35. The molecule has 1 fully saturated rings. The van der Waals surface area contributed by atoms with E-state index in [1.165, 1.54) is 17.2 Å². The Bertz CT molecular complexity index is 979. The first-order valence-corrected chi connectivity index (χ1v) is 9.39. The van der Waals surface area contributed by atoms with Crippen LogP contribution < -0.4 is 10.6 Å². The minimum absolute atomic E-state index is 0.0867. The molecule has 4 rings (SSSR count). The topological polar surface area (TPSA) is 106 Å². The highest BCUT2D eigenvalue weighted by Gasteiger charge is 2.27. The van der Waals surface area contributed by atoms with Gasteiger partial charge in [0.2, 0.25) is 11.6 Å². The molecule has 1 saturated heterocycles. The molecule has 1 aliphatic heterocycles. The summed E-state index contributed by atoms with van der Waals surface area (Å²) in [5.74, 6) is 0.229. The van der Waals surface area contributed by atoms with Gasteiger partial charge in [0.15, 0.2) is 0 Å². The van der Waals surface area contributed by atoms with E-state index in [-0.39, 0.29) is 11.5 Å². The van der Waals surface area contributed by atoms with Crippen LogP contribution >= 0.6 is 0 Å². The molecule has 0 spiro atoms. The van der Waals surface area contributed by atoms with Crippen molar-refractivity contribution < 1.29 is 4.92 Å². The Labute approximate surface area is 162 Å². The number of nitrogens with zero attached hydrogens (tertiary/aromatic N) is 6. The van der Waals surface area contributed by atoms with Crippen molar-refractivity contribution in [1.29, 1.82) is 0 Å². The van der Waals surface area contributed by atoms with Gasteiger partial charge in [0.1, 0.15) is 6.33 Å². The number of hydrogen-bond acceptors (Lipinski definition) is 7. The predicted molar refractivity (Wildman–Crippen MR) is 108 cm³/mol. The van der Waals surface area contributed by atoms with Crippen molar-refractivity contribution >= 4 is 28.2 Å². The standard InChI is InChI=1S/C19H23N7O2/c20-18-17(26(27)28)19(22-14-21-18)25-12-10-23(11-13-25)7-3-8-24-9-6-15-4-1-2-5-16(15)24/h1-2,4-6,9,14H,3,7-8,10-13H2,(H2,20,21,22). The first kappa shape index (κ1) is 18.2. The zero-order valence-corrected chi connectivity index (χ0v) is 15.6. The minimum Gasteiger partial charge on any atom is -0.378 e. The van der Waals surface area contributed by atoms with Crippen LogP contribution in [0, 0.1) is 10.1 Å². The van der Waals surface area contributed by atoms with Gasteiger partial charge in [-0.25, -0.2) is 9.97 Å². The molecule has 146 valence electrons. The third kappa shape index (κ3) is 3.61. The first-order valence-electron chi connectivity index (χ1n) is 9.39. The van der Waals surface area contributed by atoms with Gasteiger partial charge in [-0.3, -0.25) is 15.0 Å². The van der Waals surface area contributed by atoms with Crippen LogP contribution in [0.25, 0.3) is 10.9 Å². The van der Waals surface area contributed by atoms with Crippen LogP contribution in [0.1, 0.15) is 6.42 Å².